The number of nitrogens with one attached hydrogen (secondary N) is 1. The van der Waals surface area contributed by atoms with Crippen LogP contribution in [0.2, 0.25) is 0 Å². The fourth-order valence-electron chi connectivity index (χ4n) is 2.64. The van der Waals surface area contributed by atoms with Crippen molar-refractivity contribution in [2.24, 2.45) is 5.84 Å². The lowest BCUT2D eigenvalue weighted by Gasteiger charge is -2.21. The lowest BCUT2D eigenvalue weighted by molar-refractivity contribution is 0.454. The molecule has 0 radical (unpaired) electrons. The molecule has 1 aromatic carbocycles. The van der Waals surface area contributed by atoms with E-state index in [0.29, 0.717) is 11.3 Å². The van der Waals surface area contributed by atoms with Gasteiger partial charge in [-0.15, -0.1) is 18.3 Å². The lowest BCUT2D eigenvalue weighted by atomic mass is 10.0. The van der Waals surface area contributed by atoms with E-state index in [4.69, 9.17) is 5.84 Å². The molecule has 1 heterocycles. The number of benzene rings is 1. The maximum Gasteiger partial charge on any atom is 0.0336 e. The molecule has 19 heavy (non-hydrogen) atoms. The first kappa shape index (κ1) is 14.6. The number of hydrogen-bond donors (Lipinski definition) is 2. The van der Waals surface area contributed by atoms with E-state index in [2.05, 4.69) is 36.3 Å². The van der Waals surface area contributed by atoms with E-state index in [1.807, 2.05) is 17.8 Å². The van der Waals surface area contributed by atoms with Gasteiger partial charge in [0, 0.05) is 16.2 Å². The maximum absolute atomic E-state index is 5.75. The fourth-order valence-corrected chi connectivity index (χ4v) is 4.07. The van der Waals surface area contributed by atoms with Crippen molar-refractivity contribution in [1.29, 1.82) is 0 Å². The van der Waals surface area contributed by atoms with Crippen LogP contribution >= 0.6 is 11.8 Å². The third-order valence-electron chi connectivity index (χ3n) is 3.76. The minimum atomic E-state index is 0.418. The van der Waals surface area contributed by atoms with Gasteiger partial charge in [0.25, 0.3) is 0 Å². The maximum atomic E-state index is 5.75. The number of hydrogen-bond acceptors (Lipinski definition) is 3. The van der Waals surface area contributed by atoms with Crippen molar-refractivity contribution in [2.75, 3.05) is 0 Å². The van der Waals surface area contributed by atoms with Crippen LogP contribution in [0.15, 0.2) is 41.8 Å². The molecule has 0 saturated heterocycles. The minimum absolute atomic E-state index is 0.418. The number of hydrazine groups is 1. The molecule has 0 amide bonds. The van der Waals surface area contributed by atoms with Crippen molar-refractivity contribution in [3.05, 3.63) is 42.5 Å². The Labute approximate surface area is 120 Å². The molecular formula is C16H24N2S. The summed E-state index contributed by atoms with van der Waals surface area (Å²) in [6.45, 7) is 3.76. The second-order valence-electron chi connectivity index (χ2n) is 5.17. The molecule has 104 valence electrons. The van der Waals surface area contributed by atoms with Crippen LogP contribution in [0.4, 0.5) is 0 Å². The monoisotopic (exact) mass is 276 g/mol. The zero-order valence-corrected chi connectivity index (χ0v) is 12.3. The molecule has 0 aliphatic carbocycles. The summed E-state index contributed by atoms with van der Waals surface area (Å²) in [6, 6.07) is 9.12. The Kier molecular flexibility index (Phi) is 5.95. The molecule has 0 fully saturated rings. The smallest absolute Gasteiger partial charge is 0.0336 e. The van der Waals surface area contributed by atoms with Crippen molar-refractivity contribution in [1.82, 2.24) is 5.43 Å². The quantitative estimate of drug-likeness (QED) is 0.329. The van der Waals surface area contributed by atoms with Crippen molar-refractivity contribution < 1.29 is 0 Å². The van der Waals surface area contributed by atoms with Gasteiger partial charge in [-0.3, -0.25) is 11.3 Å². The SMILES string of the molecule is C=CCCCCCC(NN)C1Cc2ccccc2S1. The van der Waals surface area contributed by atoms with Crippen LogP contribution in [-0.4, -0.2) is 11.3 Å². The van der Waals surface area contributed by atoms with Crippen LogP contribution < -0.4 is 11.3 Å². The van der Waals surface area contributed by atoms with E-state index in [-0.39, 0.29) is 0 Å². The van der Waals surface area contributed by atoms with E-state index in [1.165, 1.54) is 36.1 Å². The highest BCUT2D eigenvalue weighted by Crippen LogP contribution is 2.39. The van der Waals surface area contributed by atoms with Crippen molar-refractivity contribution in [3.63, 3.8) is 0 Å². The molecule has 1 aromatic rings. The molecule has 0 aromatic heterocycles. The Morgan fingerprint density at radius 1 is 1.37 bits per heavy atom. The van der Waals surface area contributed by atoms with E-state index >= 15 is 0 Å². The van der Waals surface area contributed by atoms with Crippen molar-refractivity contribution in [3.8, 4) is 0 Å². The highest BCUT2D eigenvalue weighted by molar-refractivity contribution is 8.00. The Bertz CT molecular complexity index is 380. The van der Waals surface area contributed by atoms with E-state index in [1.54, 1.807) is 0 Å². The Morgan fingerprint density at radius 2 is 2.21 bits per heavy atom. The highest BCUT2D eigenvalue weighted by atomic mass is 32.2. The zero-order chi connectivity index (χ0) is 13.5. The largest absolute Gasteiger partial charge is 0.271 e. The summed E-state index contributed by atoms with van der Waals surface area (Å²) in [4.78, 5) is 1.43. The molecule has 2 rings (SSSR count). The van der Waals surface area contributed by atoms with Gasteiger partial charge in [0.05, 0.1) is 0 Å². The van der Waals surface area contributed by atoms with E-state index in [0.717, 1.165) is 12.8 Å². The van der Waals surface area contributed by atoms with Crippen LogP contribution in [0.1, 0.15) is 37.7 Å². The Morgan fingerprint density at radius 3 is 2.95 bits per heavy atom. The molecule has 1 aliphatic rings. The van der Waals surface area contributed by atoms with E-state index < -0.39 is 0 Å². The van der Waals surface area contributed by atoms with Gasteiger partial charge in [0.15, 0.2) is 0 Å². The molecule has 2 atom stereocenters. The molecule has 2 unspecified atom stereocenters. The summed E-state index contributed by atoms with van der Waals surface area (Å²) in [5.74, 6) is 5.75. The molecule has 1 aliphatic heterocycles. The van der Waals surface area contributed by atoms with Gasteiger partial charge in [0.1, 0.15) is 0 Å². The van der Waals surface area contributed by atoms with Crippen LogP contribution in [0, 0.1) is 0 Å². The molecule has 3 heteroatoms. The van der Waals surface area contributed by atoms with Crippen LogP contribution in [0.5, 0.6) is 0 Å². The predicted molar refractivity (Wildman–Crippen MR) is 84.2 cm³/mol. The number of fused-ring (bicyclic) bond motifs is 1. The minimum Gasteiger partial charge on any atom is -0.271 e. The van der Waals surface area contributed by atoms with Crippen molar-refractivity contribution >= 4 is 11.8 Å². The summed E-state index contributed by atoms with van der Waals surface area (Å²) in [5, 5.41) is 0.585. The normalized spacial score (nSPS) is 19.1. The van der Waals surface area contributed by atoms with Gasteiger partial charge in [-0.2, -0.15) is 0 Å². The molecule has 0 spiro atoms. The van der Waals surface area contributed by atoms with Crippen LogP contribution in [0.25, 0.3) is 0 Å². The Hall–Kier alpha value is -0.770. The topological polar surface area (TPSA) is 38.0 Å². The van der Waals surface area contributed by atoms with Gasteiger partial charge < -0.3 is 0 Å². The van der Waals surface area contributed by atoms with Gasteiger partial charge in [-0.1, -0.05) is 37.1 Å². The molecule has 3 N–H and O–H groups in total. The molecule has 0 bridgehead atoms. The van der Waals surface area contributed by atoms with Crippen molar-refractivity contribution in [2.45, 2.75) is 54.7 Å². The first-order valence-electron chi connectivity index (χ1n) is 7.16. The summed E-state index contributed by atoms with van der Waals surface area (Å²) >= 11 is 1.98. The number of nitrogens with two attached hydrogens (primary N) is 1. The fraction of sp³-hybridized carbons (Fsp3) is 0.500. The summed E-state index contributed by atoms with van der Waals surface area (Å²) in [6.07, 6.45) is 9.21. The second kappa shape index (κ2) is 7.73. The number of thioether (sulfide) groups is 1. The van der Waals surface area contributed by atoms with Gasteiger partial charge in [-0.25, -0.2) is 0 Å². The Balaban J connectivity index is 1.78. The van der Waals surface area contributed by atoms with Crippen LogP contribution in [-0.2, 0) is 6.42 Å². The predicted octanol–water partition coefficient (Wildman–Crippen LogP) is 3.67. The van der Waals surface area contributed by atoms with Gasteiger partial charge >= 0.3 is 0 Å². The van der Waals surface area contributed by atoms with Gasteiger partial charge in [-0.05, 0) is 37.3 Å². The number of unbranched alkanes of at least 4 members (excludes halogenated alkanes) is 3. The first-order chi connectivity index (χ1) is 9.35. The third kappa shape index (κ3) is 4.10. The number of allylic oxidation sites excluding steroid dienone is 1. The molecule has 0 saturated carbocycles. The lowest BCUT2D eigenvalue weighted by Crippen LogP contribution is -2.42. The summed E-state index contributed by atoms with van der Waals surface area (Å²) in [5.41, 5.74) is 4.51. The van der Waals surface area contributed by atoms with Crippen LogP contribution in [0.3, 0.4) is 0 Å². The zero-order valence-electron chi connectivity index (χ0n) is 11.5. The van der Waals surface area contributed by atoms with Gasteiger partial charge in [0.2, 0.25) is 0 Å². The summed E-state index contributed by atoms with van der Waals surface area (Å²) < 4.78 is 0. The standard InChI is InChI=1S/C16H24N2S/c1-2-3-4-5-6-10-14(18-17)16-12-13-9-7-8-11-15(13)19-16/h2,7-9,11,14,16,18H,1,3-6,10,12,17H2. The molecular weight excluding hydrogens is 252 g/mol. The summed E-state index contributed by atoms with van der Waals surface area (Å²) in [7, 11) is 0. The third-order valence-corrected chi connectivity index (χ3v) is 5.21. The average molecular weight is 276 g/mol. The first-order valence-corrected chi connectivity index (χ1v) is 8.04. The average Bonchev–Trinajstić information content (AvgIpc) is 2.86. The van der Waals surface area contributed by atoms with E-state index in [9.17, 15) is 0 Å². The number of rotatable bonds is 8. The molecule has 2 nitrogen and oxygen atoms in total. The second-order valence-corrected chi connectivity index (χ2v) is 6.45. The highest BCUT2D eigenvalue weighted by Gasteiger charge is 2.28.